The molecule has 0 aromatic heterocycles. The van der Waals surface area contributed by atoms with Gasteiger partial charge in [-0.2, -0.15) is 0 Å². The summed E-state index contributed by atoms with van der Waals surface area (Å²) in [6, 6.07) is 14.7. The minimum Gasteiger partial charge on any atom is -0.310 e. The second-order valence-corrected chi connectivity index (χ2v) is 6.13. The fourth-order valence-corrected chi connectivity index (χ4v) is 2.72. The van der Waals surface area contributed by atoms with Gasteiger partial charge in [0.2, 0.25) is 0 Å². The van der Waals surface area contributed by atoms with Gasteiger partial charge in [-0.25, -0.2) is 0 Å². The van der Waals surface area contributed by atoms with E-state index in [1.807, 2.05) is 12.1 Å². The number of hydrogen-bond donors (Lipinski definition) is 1. The number of rotatable bonds is 6. The molecule has 0 amide bonds. The van der Waals surface area contributed by atoms with E-state index >= 15 is 0 Å². The molecule has 1 N–H and O–H groups in total. The Hall–Kier alpha value is -1.02. The maximum atomic E-state index is 6.17. The molecule has 0 spiro atoms. The molecule has 1 unspecified atom stereocenters. The normalized spacial score (nSPS) is 12.4. The van der Waals surface area contributed by atoms with Gasteiger partial charge in [-0.1, -0.05) is 60.5 Å². The first-order valence-electron chi connectivity index (χ1n) is 7.34. The lowest BCUT2D eigenvalue weighted by Crippen LogP contribution is -2.24. The van der Waals surface area contributed by atoms with Crippen LogP contribution in [0.5, 0.6) is 0 Å². The molecule has 0 saturated heterocycles. The van der Waals surface area contributed by atoms with Crippen LogP contribution >= 0.6 is 23.2 Å². The number of aryl methyl sites for hydroxylation is 1. The Bertz CT molecular complexity index is 596. The highest BCUT2D eigenvalue weighted by Crippen LogP contribution is 2.27. The molecule has 0 radical (unpaired) electrons. The van der Waals surface area contributed by atoms with Crippen molar-refractivity contribution in [3.8, 4) is 0 Å². The molecule has 0 bridgehead atoms. The summed E-state index contributed by atoms with van der Waals surface area (Å²) in [4.78, 5) is 0. The zero-order chi connectivity index (χ0) is 15.2. The molecule has 0 aliphatic rings. The van der Waals surface area contributed by atoms with Crippen molar-refractivity contribution in [3.63, 3.8) is 0 Å². The van der Waals surface area contributed by atoms with E-state index in [1.165, 1.54) is 16.7 Å². The summed E-state index contributed by atoms with van der Waals surface area (Å²) in [7, 11) is 0. The van der Waals surface area contributed by atoms with Gasteiger partial charge >= 0.3 is 0 Å². The van der Waals surface area contributed by atoms with E-state index in [9.17, 15) is 0 Å². The van der Waals surface area contributed by atoms with Crippen molar-refractivity contribution in [2.24, 2.45) is 0 Å². The van der Waals surface area contributed by atoms with Crippen LogP contribution in [0.2, 0.25) is 10.0 Å². The molecule has 2 rings (SSSR count). The average Bonchev–Trinajstić information content (AvgIpc) is 2.48. The molecule has 2 aromatic carbocycles. The van der Waals surface area contributed by atoms with Crippen molar-refractivity contribution in [2.45, 2.75) is 32.7 Å². The largest absolute Gasteiger partial charge is 0.310 e. The zero-order valence-electron chi connectivity index (χ0n) is 12.5. The molecule has 0 saturated carbocycles. The molecular formula is C18H21Cl2N. The number of halogens is 2. The van der Waals surface area contributed by atoms with Crippen LogP contribution in [-0.2, 0) is 6.42 Å². The Balaban J connectivity index is 2.25. The van der Waals surface area contributed by atoms with Crippen molar-refractivity contribution in [1.82, 2.24) is 5.32 Å². The summed E-state index contributed by atoms with van der Waals surface area (Å²) in [5.74, 6) is 0. The molecule has 1 nitrogen and oxygen atoms in total. The van der Waals surface area contributed by atoms with E-state index in [-0.39, 0.29) is 6.04 Å². The molecular weight excluding hydrogens is 301 g/mol. The number of benzene rings is 2. The fraction of sp³-hybridized carbons (Fsp3) is 0.333. The maximum absolute atomic E-state index is 6.17. The summed E-state index contributed by atoms with van der Waals surface area (Å²) < 4.78 is 0. The molecule has 0 heterocycles. The van der Waals surface area contributed by atoms with Crippen molar-refractivity contribution in [2.75, 3.05) is 6.54 Å². The third kappa shape index (κ3) is 4.47. The minimum atomic E-state index is 0.251. The number of hydrogen-bond acceptors (Lipinski definition) is 1. The first-order valence-corrected chi connectivity index (χ1v) is 8.10. The lowest BCUT2D eigenvalue weighted by molar-refractivity contribution is 0.528. The lowest BCUT2D eigenvalue weighted by atomic mass is 9.96. The van der Waals surface area contributed by atoms with Gasteiger partial charge in [0.1, 0.15) is 0 Å². The van der Waals surface area contributed by atoms with Gasteiger partial charge in [0, 0.05) is 6.04 Å². The molecule has 1 atom stereocenters. The highest BCUT2D eigenvalue weighted by Gasteiger charge is 2.14. The van der Waals surface area contributed by atoms with Crippen LogP contribution < -0.4 is 5.32 Å². The Kier molecular flexibility index (Phi) is 6.10. The minimum absolute atomic E-state index is 0.251. The Morgan fingerprint density at radius 3 is 2.48 bits per heavy atom. The van der Waals surface area contributed by atoms with E-state index in [0.29, 0.717) is 10.0 Å². The average molecular weight is 322 g/mol. The van der Waals surface area contributed by atoms with Crippen LogP contribution in [0.4, 0.5) is 0 Å². The van der Waals surface area contributed by atoms with Crippen molar-refractivity contribution in [1.29, 1.82) is 0 Å². The summed E-state index contributed by atoms with van der Waals surface area (Å²) in [6.07, 6.45) is 2.05. The Morgan fingerprint density at radius 1 is 1.05 bits per heavy atom. The number of nitrogens with one attached hydrogen (secondary N) is 1. The Labute approximate surface area is 137 Å². The topological polar surface area (TPSA) is 12.0 Å². The molecule has 112 valence electrons. The summed E-state index contributed by atoms with van der Waals surface area (Å²) >= 11 is 12.2. The van der Waals surface area contributed by atoms with Crippen LogP contribution in [0, 0.1) is 6.92 Å². The highest BCUT2D eigenvalue weighted by molar-refractivity contribution is 6.42. The third-order valence-corrected chi connectivity index (χ3v) is 4.41. The smallest absolute Gasteiger partial charge is 0.0595 e. The summed E-state index contributed by atoms with van der Waals surface area (Å²) in [5, 5.41) is 4.82. The van der Waals surface area contributed by atoms with Crippen molar-refractivity contribution < 1.29 is 0 Å². The lowest BCUT2D eigenvalue weighted by Gasteiger charge is -2.20. The van der Waals surface area contributed by atoms with Crippen LogP contribution in [0.1, 0.15) is 36.1 Å². The predicted molar refractivity (Wildman–Crippen MR) is 92.4 cm³/mol. The van der Waals surface area contributed by atoms with Gasteiger partial charge in [-0.15, -0.1) is 0 Å². The van der Waals surface area contributed by atoms with Gasteiger partial charge < -0.3 is 5.32 Å². The van der Waals surface area contributed by atoms with Crippen molar-refractivity contribution >= 4 is 23.2 Å². The quantitative estimate of drug-likeness (QED) is 0.731. The molecule has 3 heteroatoms. The van der Waals surface area contributed by atoms with E-state index in [1.54, 1.807) is 0 Å². The highest BCUT2D eigenvalue weighted by atomic mass is 35.5. The van der Waals surface area contributed by atoms with Gasteiger partial charge in [0.15, 0.2) is 0 Å². The molecule has 2 aromatic rings. The summed E-state index contributed by atoms with van der Waals surface area (Å²) in [5.41, 5.74) is 3.86. The SMILES string of the molecule is CCCNC(Cc1ccccc1C)c1ccc(Cl)c(Cl)c1. The van der Waals surface area contributed by atoms with Crippen LogP contribution in [0.25, 0.3) is 0 Å². The van der Waals surface area contributed by atoms with E-state index < -0.39 is 0 Å². The molecule has 21 heavy (non-hydrogen) atoms. The van der Waals surface area contributed by atoms with E-state index in [2.05, 4.69) is 49.5 Å². The standard InChI is InChI=1S/C18H21Cl2N/c1-3-10-21-18(12-14-7-5-4-6-13(14)2)15-8-9-16(19)17(20)11-15/h4-9,11,18,21H,3,10,12H2,1-2H3. The monoisotopic (exact) mass is 321 g/mol. The zero-order valence-corrected chi connectivity index (χ0v) is 14.0. The first-order chi connectivity index (χ1) is 10.1. The maximum Gasteiger partial charge on any atom is 0.0595 e. The summed E-state index contributed by atoms with van der Waals surface area (Å²) in [6.45, 7) is 5.31. The van der Waals surface area contributed by atoms with Gasteiger partial charge in [0.25, 0.3) is 0 Å². The molecule has 0 aliphatic carbocycles. The van der Waals surface area contributed by atoms with Gasteiger partial charge in [-0.05, 0) is 55.1 Å². The van der Waals surface area contributed by atoms with Crippen LogP contribution in [0.3, 0.4) is 0 Å². The fourth-order valence-electron chi connectivity index (χ4n) is 2.41. The third-order valence-electron chi connectivity index (χ3n) is 3.67. The molecule has 0 fully saturated rings. The second kappa shape index (κ2) is 7.84. The first kappa shape index (κ1) is 16.4. The van der Waals surface area contributed by atoms with Gasteiger partial charge in [-0.3, -0.25) is 0 Å². The van der Waals surface area contributed by atoms with Gasteiger partial charge in [0.05, 0.1) is 10.0 Å². The van der Waals surface area contributed by atoms with E-state index in [0.717, 1.165) is 19.4 Å². The molecule has 0 aliphatic heterocycles. The van der Waals surface area contributed by atoms with Crippen molar-refractivity contribution in [3.05, 3.63) is 69.2 Å². The van der Waals surface area contributed by atoms with Crippen LogP contribution in [-0.4, -0.2) is 6.54 Å². The van der Waals surface area contributed by atoms with Crippen LogP contribution in [0.15, 0.2) is 42.5 Å². The predicted octanol–water partition coefficient (Wildman–Crippen LogP) is 5.59. The Morgan fingerprint density at radius 2 is 1.81 bits per heavy atom. The van der Waals surface area contributed by atoms with E-state index in [4.69, 9.17) is 23.2 Å². The second-order valence-electron chi connectivity index (χ2n) is 5.31.